The van der Waals surface area contributed by atoms with Crippen LogP contribution in [-0.2, 0) is 11.2 Å². The highest BCUT2D eigenvalue weighted by Gasteiger charge is 2.05. The van der Waals surface area contributed by atoms with Gasteiger partial charge in [-0.05, 0) is 30.0 Å². The van der Waals surface area contributed by atoms with Gasteiger partial charge in [0.15, 0.2) is 0 Å². The fourth-order valence-electron chi connectivity index (χ4n) is 1.36. The molecule has 1 heterocycles. The van der Waals surface area contributed by atoms with Gasteiger partial charge in [-0.15, -0.1) is 0 Å². The summed E-state index contributed by atoms with van der Waals surface area (Å²) in [7, 11) is 0. The molecule has 0 fully saturated rings. The van der Waals surface area contributed by atoms with Crippen molar-refractivity contribution in [3.8, 4) is 0 Å². The number of nitrogens with zero attached hydrogens (tertiary/aromatic N) is 1. The van der Waals surface area contributed by atoms with Gasteiger partial charge >= 0.3 is 0 Å². The number of hydrogen-bond acceptors (Lipinski definition) is 3. The molecule has 4 heteroatoms. The van der Waals surface area contributed by atoms with Gasteiger partial charge in [0, 0.05) is 25.5 Å². The van der Waals surface area contributed by atoms with Crippen LogP contribution in [0.4, 0.5) is 0 Å². The van der Waals surface area contributed by atoms with Gasteiger partial charge in [0.05, 0.1) is 6.42 Å². The summed E-state index contributed by atoms with van der Waals surface area (Å²) in [6, 6.07) is 3.66. The van der Waals surface area contributed by atoms with E-state index in [0.717, 1.165) is 12.0 Å². The van der Waals surface area contributed by atoms with Crippen molar-refractivity contribution in [1.82, 2.24) is 10.3 Å². The van der Waals surface area contributed by atoms with E-state index in [1.165, 1.54) is 0 Å². The third-order valence-corrected chi connectivity index (χ3v) is 2.38. The predicted octanol–water partition coefficient (Wildman–Crippen LogP) is 0.759. The van der Waals surface area contributed by atoms with Crippen LogP contribution in [0.2, 0.25) is 0 Å². The van der Waals surface area contributed by atoms with Crippen molar-refractivity contribution >= 4 is 5.91 Å². The summed E-state index contributed by atoms with van der Waals surface area (Å²) in [6.45, 7) is 2.79. The number of aliphatic hydroxyl groups excluding tert-OH is 1. The van der Waals surface area contributed by atoms with Crippen LogP contribution >= 0.6 is 0 Å². The van der Waals surface area contributed by atoms with Gasteiger partial charge < -0.3 is 10.4 Å². The van der Waals surface area contributed by atoms with E-state index < -0.39 is 0 Å². The van der Waals surface area contributed by atoms with Crippen LogP contribution in [0.25, 0.3) is 0 Å². The molecule has 2 N–H and O–H groups in total. The van der Waals surface area contributed by atoms with E-state index in [1.54, 1.807) is 12.4 Å². The van der Waals surface area contributed by atoms with E-state index in [4.69, 9.17) is 5.11 Å². The molecule has 0 aliphatic rings. The van der Waals surface area contributed by atoms with E-state index >= 15 is 0 Å². The fraction of sp³-hybridized carbons (Fsp3) is 0.500. The normalized spacial score (nSPS) is 12.1. The molecule has 1 unspecified atom stereocenters. The molecule has 1 atom stereocenters. The number of aromatic nitrogens is 1. The first kappa shape index (κ1) is 12.6. The summed E-state index contributed by atoms with van der Waals surface area (Å²) >= 11 is 0. The summed E-state index contributed by atoms with van der Waals surface area (Å²) in [4.78, 5) is 15.4. The Bertz CT molecular complexity index is 314. The van der Waals surface area contributed by atoms with Crippen molar-refractivity contribution in [2.45, 2.75) is 19.8 Å². The number of carbonyl (C=O) groups excluding carboxylic acids is 1. The second-order valence-electron chi connectivity index (χ2n) is 3.95. The first-order chi connectivity index (χ1) is 7.72. The lowest BCUT2D eigenvalue weighted by molar-refractivity contribution is -0.120. The highest BCUT2D eigenvalue weighted by Crippen LogP contribution is 2.00. The Kier molecular flexibility index (Phi) is 5.50. The number of nitrogens with one attached hydrogen (secondary N) is 1. The number of aliphatic hydroxyl groups is 1. The Balaban J connectivity index is 2.26. The lowest BCUT2D eigenvalue weighted by atomic mass is 10.1. The molecule has 1 aromatic rings. The average Bonchev–Trinajstić information content (AvgIpc) is 2.28. The Morgan fingerprint density at radius 3 is 2.81 bits per heavy atom. The highest BCUT2D eigenvalue weighted by atomic mass is 16.3. The SMILES string of the molecule is CC(CCO)CNC(=O)Cc1ccncc1. The number of pyridine rings is 1. The van der Waals surface area contributed by atoms with Crippen LogP contribution in [0.15, 0.2) is 24.5 Å². The molecule has 0 saturated heterocycles. The lowest BCUT2D eigenvalue weighted by Gasteiger charge is -2.10. The van der Waals surface area contributed by atoms with Gasteiger partial charge in [0.2, 0.25) is 5.91 Å². The van der Waals surface area contributed by atoms with Crippen LogP contribution in [0.1, 0.15) is 18.9 Å². The van der Waals surface area contributed by atoms with Crippen molar-refractivity contribution in [3.05, 3.63) is 30.1 Å². The van der Waals surface area contributed by atoms with Crippen LogP contribution in [0.3, 0.4) is 0 Å². The first-order valence-corrected chi connectivity index (χ1v) is 5.49. The molecule has 0 aliphatic carbocycles. The summed E-state index contributed by atoms with van der Waals surface area (Å²) in [5, 5.41) is 11.6. The van der Waals surface area contributed by atoms with Crippen molar-refractivity contribution in [2.75, 3.05) is 13.2 Å². The second kappa shape index (κ2) is 6.95. The average molecular weight is 222 g/mol. The molecule has 1 amide bonds. The van der Waals surface area contributed by atoms with Gasteiger partial charge in [0.25, 0.3) is 0 Å². The maximum Gasteiger partial charge on any atom is 0.224 e. The minimum absolute atomic E-state index is 0.0102. The van der Waals surface area contributed by atoms with Crippen molar-refractivity contribution < 1.29 is 9.90 Å². The molecule has 0 aromatic carbocycles. The number of rotatable bonds is 6. The van der Waals surface area contributed by atoms with E-state index in [0.29, 0.717) is 18.9 Å². The molecule has 88 valence electrons. The summed E-state index contributed by atoms with van der Waals surface area (Å²) < 4.78 is 0. The van der Waals surface area contributed by atoms with Gasteiger partial charge in [-0.3, -0.25) is 9.78 Å². The van der Waals surface area contributed by atoms with Gasteiger partial charge in [-0.25, -0.2) is 0 Å². The molecule has 1 rings (SSSR count). The Morgan fingerprint density at radius 2 is 2.19 bits per heavy atom. The topological polar surface area (TPSA) is 62.2 Å². The Morgan fingerprint density at radius 1 is 1.50 bits per heavy atom. The van der Waals surface area contributed by atoms with Crippen LogP contribution in [0, 0.1) is 5.92 Å². The molecule has 0 bridgehead atoms. The quantitative estimate of drug-likeness (QED) is 0.747. The molecule has 0 spiro atoms. The molecule has 16 heavy (non-hydrogen) atoms. The Hall–Kier alpha value is -1.42. The third-order valence-electron chi connectivity index (χ3n) is 2.38. The van der Waals surface area contributed by atoms with E-state index in [1.807, 2.05) is 19.1 Å². The zero-order chi connectivity index (χ0) is 11.8. The number of carbonyl (C=O) groups is 1. The largest absolute Gasteiger partial charge is 0.396 e. The number of hydrogen-bond donors (Lipinski definition) is 2. The van der Waals surface area contributed by atoms with Gasteiger partial charge in [-0.2, -0.15) is 0 Å². The predicted molar refractivity (Wildman–Crippen MR) is 61.8 cm³/mol. The van der Waals surface area contributed by atoms with Crippen molar-refractivity contribution in [1.29, 1.82) is 0 Å². The molecule has 4 nitrogen and oxygen atoms in total. The zero-order valence-corrected chi connectivity index (χ0v) is 9.52. The minimum Gasteiger partial charge on any atom is -0.396 e. The fourth-order valence-corrected chi connectivity index (χ4v) is 1.36. The smallest absolute Gasteiger partial charge is 0.224 e. The molecule has 0 radical (unpaired) electrons. The maximum atomic E-state index is 11.5. The standard InChI is InChI=1S/C12H18N2O2/c1-10(4-7-15)9-14-12(16)8-11-2-5-13-6-3-11/h2-3,5-6,10,15H,4,7-9H2,1H3,(H,14,16). The van der Waals surface area contributed by atoms with Crippen LogP contribution in [-0.4, -0.2) is 29.1 Å². The molecular formula is C12H18N2O2. The van der Waals surface area contributed by atoms with Gasteiger partial charge in [0.1, 0.15) is 0 Å². The third kappa shape index (κ3) is 4.89. The second-order valence-corrected chi connectivity index (χ2v) is 3.95. The molecule has 0 aliphatic heterocycles. The molecule has 1 aromatic heterocycles. The monoisotopic (exact) mass is 222 g/mol. The van der Waals surface area contributed by atoms with Gasteiger partial charge in [-0.1, -0.05) is 6.92 Å². The molecular weight excluding hydrogens is 204 g/mol. The zero-order valence-electron chi connectivity index (χ0n) is 9.52. The van der Waals surface area contributed by atoms with E-state index in [2.05, 4.69) is 10.3 Å². The molecule has 0 saturated carbocycles. The Labute approximate surface area is 95.7 Å². The maximum absolute atomic E-state index is 11.5. The van der Waals surface area contributed by atoms with Crippen molar-refractivity contribution in [2.24, 2.45) is 5.92 Å². The van der Waals surface area contributed by atoms with Crippen molar-refractivity contribution in [3.63, 3.8) is 0 Å². The van der Waals surface area contributed by atoms with Crippen LogP contribution < -0.4 is 5.32 Å². The minimum atomic E-state index is 0.0102. The summed E-state index contributed by atoms with van der Waals surface area (Å²) in [5.41, 5.74) is 0.960. The van der Waals surface area contributed by atoms with E-state index in [-0.39, 0.29) is 12.5 Å². The van der Waals surface area contributed by atoms with E-state index in [9.17, 15) is 4.79 Å². The van der Waals surface area contributed by atoms with Crippen LogP contribution in [0.5, 0.6) is 0 Å². The first-order valence-electron chi connectivity index (χ1n) is 5.49. The lowest BCUT2D eigenvalue weighted by Crippen LogP contribution is -2.29. The number of amides is 1. The summed E-state index contributed by atoms with van der Waals surface area (Å²) in [5.74, 6) is 0.322. The highest BCUT2D eigenvalue weighted by molar-refractivity contribution is 5.78. The summed E-state index contributed by atoms with van der Waals surface area (Å²) in [6.07, 6.45) is 4.46.